The molecule has 0 saturated carbocycles. The molecule has 12 rings (SSSR count). The van der Waals surface area contributed by atoms with E-state index in [0.29, 0.717) is 11.3 Å². The van der Waals surface area contributed by atoms with Crippen LogP contribution in [0.4, 0.5) is 39.8 Å². The molecule has 0 heterocycles. The van der Waals surface area contributed by atoms with E-state index in [-0.39, 0.29) is 0 Å². The molecule has 4 nitrogen and oxygen atoms in total. The first kappa shape index (κ1) is 41.2. The summed E-state index contributed by atoms with van der Waals surface area (Å²) in [4.78, 5) is 8.14. The Morgan fingerprint density at radius 1 is 0.377 bits per heavy atom. The number of nitriles is 1. The third-order valence-electron chi connectivity index (χ3n) is 14.1. The van der Waals surface area contributed by atoms with Gasteiger partial charge in [-0.3, -0.25) is 0 Å². The highest BCUT2D eigenvalue weighted by molar-refractivity contribution is 6.03. The highest BCUT2D eigenvalue weighted by atomic mass is 15.1. The number of aryl methyl sites for hydroxylation is 2. The van der Waals surface area contributed by atoms with E-state index in [1.807, 2.05) is 48.5 Å². The van der Waals surface area contributed by atoms with E-state index in [1.165, 1.54) is 66.8 Å². The SMILES string of the molecule is [C-]#[N+]c1ccc(N(c2ccc(C)cc2)c2ccc(-c3cccc4c3-c3ccccc3C43c4ccccc4-c4c(-c5ccc(N(c6ccc(C)cc6)c6ccc(C#N)cc6)cc5)cccc43)cc2)cc1. The van der Waals surface area contributed by atoms with E-state index < -0.39 is 5.41 Å². The maximum atomic E-state index is 9.55. The summed E-state index contributed by atoms with van der Waals surface area (Å²) in [7, 11) is 0. The fourth-order valence-corrected chi connectivity index (χ4v) is 10.9. The van der Waals surface area contributed by atoms with Crippen LogP contribution in [0.2, 0.25) is 0 Å². The third-order valence-corrected chi connectivity index (χ3v) is 14.1. The van der Waals surface area contributed by atoms with Gasteiger partial charge in [0.05, 0.1) is 23.6 Å². The van der Waals surface area contributed by atoms with Gasteiger partial charge in [-0.2, -0.15) is 5.26 Å². The van der Waals surface area contributed by atoms with Crippen LogP contribution in [-0.4, -0.2) is 0 Å². The molecule has 10 aromatic rings. The standard InChI is InChI=1S/C65H44N4/c1-43-18-30-49(31-19-43)68(51-34-22-45(42-66)23-35-51)52-36-24-46(25-37-52)55-12-8-16-61-63(55)57-10-4-6-14-59(57)65(61)60-15-7-5-11-58(60)64-56(13-9-17-62(64)65)47-26-38-53(39-27-47)69(50-32-20-44(2)21-33-50)54-40-28-48(67-3)29-41-54/h4-41H,1-2H3. The molecule has 0 radical (unpaired) electrons. The van der Waals surface area contributed by atoms with E-state index in [1.54, 1.807) is 0 Å². The van der Waals surface area contributed by atoms with E-state index >= 15 is 0 Å². The highest BCUT2D eigenvalue weighted by Crippen LogP contribution is 2.65. The molecule has 4 heteroatoms. The van der Waals surface area contributed by atoms with E-state index in [0.717, 1.165) is 45.3 Å². The first-order valence-corrected chi connectivity index (χ1v) is 23.3. The quantitative estimate of drug-likeness (QED) is 0.143. The number of hydrogen-bond donors (Lipinski definition) is 0. The van der Waals surface area contributed by atoms with Crippen molar-refractivity contribution in [2.75, 3.05) is 9.80 Å². The lowest BCUT2D eigenvalue weighted by atomic mass is 9.70. The minimum atomic E-state index is -0.526. The molecule has 2 aliphatic carbocycles. The zero-order valence-electron chi connectivity index (χ0n) is 38.2. The van der Waals surface area contributed by atoms with Crippen molar-refractivity contribution in [2.24, 2.45) is 0 Å². The lowest BCUT2D eigenvalue weighted by Gasteiger charge is -2.30. The second kappa shape index (κ2) is 16.6. The first-order chi connectivity index (χ1) is 33.9. The summed E-state index contributed by atoms with van der Waals surface area (Å²) in [6, 6.07) is 84.8. The number of hydrogen-bond acceptors (Lipinski definition) is 3. The van der Waals surface area contributed by atoms with Gasteiger partial charge in [-0.15, -0.1) is 0 Å². The average molecular weight is 881 g/mol. The van der Waals surface area contributed by atoms with Gasteiger partial charge in [-0.05, 0) is 166 Å². The van der Waals surface area contributed by atoms with Crippen molar-refractivity contribution in [2.45, 2.75) is 19.3 Å². The zero-order chi connectivity index (χ0) is 46.6. The fraction of sp³-hybridized carbons (Fsp3) is 0.0462. The predicted molar refractivity (Wildman–Crippen MR) is 283 cm³/mol. The van der Waals surface area contributed by atoms with Crippen LogP contribution in [0.1, 0.15) is 38.9 Å². The van der Waals surface area contributed by atoms with E-state index in [4.69, 9.17) is 6.57 Å². The molecule has 0 aromatic heterocycles. The summed E-state index contributed by atoms with van der Waals surface area (Å²) in [6.07, 6.45) is 0. The topological polar surface area (TPSA) is 34.6 Å². The lowest BCUT2D eigenvalue weighted by molar-refractivity contribution is 0.794. The average Bonchev–Trinajstić information content (AvgIpc) is 3.89. The minimum absolute atomic E-state index is 0.526. The number of fused-ring (bicyclic) bond motifs is 10. The Morgan fingerprint density at radius 2 is 0.710 bits per heavy atom. The van der Waals surface area contributed by atoms with E-state index in [9.17, 15) is 5.26 Å². The van der Waals surface area contributed by atoms with Crippen molar-refractivity contribution in [3.05, 3.63) is 281 Å². The van der Waals surface area contributed by atoms with Crippen molar-refractivity contribution in [3.63, 3.8) is 0 Å². The predicted octanol–water partition coefficient (Wildman–Crippen LogP) is 17.3. The molecular weight excluding hydrogens is 837 g/mol. The molecule has 0 fully saturated rings. The highest BCUT2D eigenvalue weighted by Gasteiger charge is 2.52. The summed E-state index contributed by atoms with van der Waals surface area (Å²) in [6.45, 7) is 11.7. The Bertz CT molecular complexity index is 3420. The summed E-state index contributed by atoms with van der Waals surface area (Å²) in [5, 5.41) is 9.55. The van der Waals surface area contributed by atoms with Gasteiger partial charge in [0.2, 0.25) is 0 Å². The Labute approximate surface area is 403 Å². The van der Waals surface area contributed by atoms with Gasteiger partial charge in [0.15, 0.2) is 5.69 Å². The van der Waals surface area contributed by atoms with Crippen LogP contribution in [0.3, 0.4) is 0 Å². The van der Waals surface area contributed by atoms with Crippen molar-refractivity contribution >= 4 is 39.8 Å². The molecule has 0 saturated heterocycles. The van der Waals surface area contributed by atoms with Crippen LogP contribution in [0.15, 0.2) is 231 Å². The second-order valence-electron chi connectivity index (χ2n) is 18.0. The number of nitrogens with zero attached hydrogens (tertiary/aromatic N) is 4. The zero-order valence-corrected chi connectivity index (χ0v) is 38.2. The number of rotatable bonds is 8. The van der Waals surface area contributed by atoms with Gasteiger partial charge in [0.25, 0.3) is 0 Å². The minimum Gasteiger partial charge on any atom is -0.311 e. The largest absolute Gasteiger partial charge is 0.311 e. The molecule has 0 amide bonds. The van der Waals surface area contributed by atoms with Crippen molar-refractivity contribution in [3.8, 4) is 50.6 Å². The molecule has 0 bridgehead atoms. The molecule has 1 spiro atoms. The first-order valence-electron chi connectivity index (χ1n) is 23.3. The normalized spacial score (nSPS) is 13.7. The molecule has 0 aliphatic heterocycles. The van der Waals surface area contributed by atoms with Crippen LogP contribution < -0.4 is 9.80 Å². The van der Waals surface area contributed by atoms with Crippen LogP contribution in [0.25, 0.3) is 49.4 Å². The second-order valence-corrected chi connectivity index (χ2v) is 18.0. The van der Waals surface area contributed by atoms with Gasteiger partial charge in [-0.1, -0.05) is 157 Å². The monoisotopic (exact) mass is 880 g/mol. The van der Waals surface area contributed by atoms with Gasteiger partial charge in [0, 0.05) is 34.1 Å². The maximum Gasteiger partial charge on any atom is 0.187 e. The Kier molecular flexibility index (Phi) is 9.91. The molecule has 0 N–H and O–H groups in total. The smallest absolute Gasteiger partial charge is 0.187 e. The fourth-order valence-electron chi connectivity index (χ4n) is 10.9. The molecule has 69 heavy (non-hydrogen) atoms. The molecule has 2 aliphatic rings. The van der Waals surface area contributed by atoms with Crippen molar-refractivity contribution < 1.29 is 0 Å². The number of anilines is 6. The third kappa shape index (κ3) is 6.65. The maximum absolute atomic E-state index is 9.55. The molecular formula is C65H44N4. The molecule has 10 aromatic carbocycles. The Hall–Kier alpha value is -9.22. The van der Waals surface area contributed by atoms with Crippen molar-refractivity contribution in [1.82, 2.24) is 0 Å². The Balaban J connectivity index is 0.976. The van der Waals surface area contributed by atoms with Gasteiger partial charge in [-0.25, -0.2) is 4.85 Å². The van der Waals surface area contributed by atoms with Gasteiger partial charge >= 0.3 is 0 Å². The number of benzene rings is 10. The summed E-state index contributed by atoms with van der Waals surface area (Å²) in [5.74, 6) is 0. The molecule has 1 atom stereocenters. The lowest BCUT2D eigenvalue weighted by Crippen LogP contribution is -2.25. The van der Waals surface area contributed by atoms with Gasteiger partial charge < -0.3 is 9.80 Å². The van der Waals surface area contributed by atoms with Gasteiger partial charge in [0.1, 0.15) is 0 Å². The Morgan fingerprint density at radius 3 is 1.10 bits per heavy atom. The van der Waals surface area contributed by atoms with E-state index in [2.05, 4.69) is 217 Å². The molecule has 1 unspecified atom stereocenters. The van der Waals surface area contributed by atoms with Crippen LogP contribution in [0.5, 0.6) is 0 Å². The van der Waals surface area contributed by atoms with Crippen LogP contribution in [-0.2, 0) is 5.41 Å². The summed E-state index contributed by atoms with van der Waals surface area (Å²) < 4.78 is 0. The molecule has 324 valence electrons. The van der Waals surface area contributed by atoms with Crippen LogP contribution in [0, 0.1) is 31.8 Å². The van der Waals surface area contributed by atoms with Crippen LogP contribution >= 0.6 is 0 Å². The van der Waals surface area contributed by atoms with Crippen molar-refractivity contribution in [1.29, 1.82) is 5.26 Å². The summed E-state index contributed by atoms with van der Waals surface area (Å²) >= 11 is 0. The summed E-state index contributed by atoms with van der Waals surface area (Å²) in [5.41, 5.74) is 24.2.